The zero-order valence-corrected chi connectivity index (χ0v) is 13.8. The largest absolute Gasteiger partial charge is 0.467 e. The number of nitrogens with one attached hydrogen (secondary N) is 1. The van der Waals surface area contributed by atoms with Crippen molar-refractivity contribution in [3.63, 3.8) is 0 Å². The van der Waals surface area contributed by atoms with Crippen LogP contribution in [-0.2, 0) is 0 Å². The Morgan fingerprint density at radius 1 is 1.32 bits per heavy atom. The number of piperazine rings is 1. The zero-order valence-electron chi connectivity index (χ0n) is 13.8. The lowest BCUT2D eigenvalue weighted by Crippen LogP contribution is -2.49. The van der Waals surface area contributed by atoms with E-state index in [0.29, 0.717) is 19.1 Å². The van der Waals surface area contributed by atoms with Crippen LogP contribution in [0, 0.1) is 0 Å². The summed E-state index contributed by atoms with van der Waals surface area (Å²) in [5.74, 6) is -0.599. The minimum Gasteiger partial charge on any atom is -0.467 e. The highest BCUT2D eigenvalue weighted by atomic mass is 19.4. The molecule has 6 nitrogen and oxygen atoms in total. The van der Waals surface area contributed by atoms with Gasteiger partial charge in [0.05, 0.1) is 0 Å². The van der Waals surface area contributed by atoms with E-state index in [1.54, 1.807) is 4.90 Å². The van der Waals surface area contributed by atoms with Gasteiger partial charge in [-0.1, -0.05) is 0 Å². The van der Waals surface area contributed by atoms with Gasteiger partial charge in [-0.05, 0) is 18.6 Å². The number of rotatable bonds is 4. The number of likely N-dealkylation sites (tertiary alicyclic amines) is 1. The molecule has 3 heterocycles. The number of pyridine rings is 1. The van der Waals surface area contributed by atoms with E-state index in [-0.39, 0.29) is 17.4 Å². The number of alkyl halides is 3. The second-order valence-corrected chi connectivity index (χ2v) is 6.24. The highest BCUT2D eigenvalue weighted by Crippen LogP contribution is 2.24. The molecule has 138 valence electrons. The highest BCUT2D eigenvalue weighted by Gasteiger charge is 2.33. The average Bonchev–Trinajstić information content (AvgIpc) is 3.10. The summed E-state index contributed by atoms with van der Waals surface area (Å²) in [4.78, 5) is 20.5. The van der Waals surface area contributed by atoms with E-state index in [1.165, 1.54) is 18.3 Å². The van der Waals surface area contributed by atoms with Crippen molar-refractivity contribution in [2.24, 2.45) is 0 Å². The van der Waals surface area contributed by atoms with Gasteiger partial charge in [-0.3, -0.25) is 9.69 Å². The number of ether oxygens (including phenoxy) is 1. The summed E-state index contributed by atoms with van der Waals surface area (Å²) in [7, 11) is 0. The van der Waals surface area contributed by atoms with Crippen molar-refractivity contribution in [1.82, 2.24) is 20.1 Å². The summed E-state index contributed by atoms with van der Waals surface area (Å²) < 4.78 is 41.8. The minimum absolute atomic E-state index is 0.0766. The van der Waals surface area contributed by atoms with Crippen molar-refractivity contribution in [3.05, 3.63) is 23.9 Å². The third-order valence-corrected chi connectivity index (χ3v) is 4.49. The van der Waals surface area contributed by atoms with Gasteiger partial charge in [-0.2, -0.15) is 13.2 Å². The highest BCUT2D eigenvalue weighted by molar-refractivity contribution is 5.96. The van der Waals surface area contributed by atoms with E-state index >= 15 is 0 Å². The molecule has 0 spiro atoms. The van der Waals surface area contributed by atoms with Gasteiger partial charge in [0.15, 0.2) is 6.61 Å². The van der Waals surface area contributed by atoms with Gasteiger partial charge >= 0.3 is 6.18 Å². The summed E-state index contributed by atoms with van der Waals surface area (Å²) in [5, 5.41) is 3.29. The van der Waals surface area contributed by atoms with Crippen LogP contribution in [0.5, 0.6) is 5.88 Å². The van der Waals surface area contributed by atoms with Crippen molar-refractivity contribution < 1.29 is 22.7 Å². The number of carbonyl (C=O) groups is 1. The number of aromatic nitrogens is 1. The molecule has 1 amide bonds. The van der Waals surface area contributed by atoms with Crippen LogP contribution in [0.15, 0.2) is 18.3 Å². The maximum absolute atomic E-state index is 12.7. The Balaban J connectivity index is 1.65. The number of carbonyl (C=O) groups excluding carboxylic acids is 1. The second kappa shape index (κ2) is 7.57. The SMILES string of the molecule is O=C(c1cccnc1OCC(F)(F)F)N1CCC(N2CCNCC2)C1. The zero-order chi connectivity index (χ0) is 17.9. The van der Waals surface area contributed by atoms with Gasteiger partial charge in [-0.15, -0.1) is 0 Å². The predicted molar refractivity (Wildman–Crippen MR) is 84.5 cm³/mol. The number of hydrogen-bond donors (Lipinski definition) is 1. The molecule has 0 bridgehead atoms. The van der Waals surface area contributed by atoms with Crippen molar-refractivity contribution in [2.75, 3.05) is 45.9 Å². The fourth-order valence-electron chi connectivity index (χ4n) is 3.26. The van der Waals surface area contributed by atoms with Crippen molar-refractivity contribution >= 4 is 5.91 Å². The Morgan fingerprint density at radius 2 is 2.08 bits per heavy atom. The summed E-state index contributed by atoms with van der Waals surface area (Å²) in [6.45, 7) is 3.45. The molecule has 2 saturated heterocycles. The van der Waals surface area contributed by atoms with Crippen molar-refractivity contribution in [1.29, 1.82) is 0 Å². The number of amides is 1. The third kappa shape index (κ3) is 4.60. The van der Waals surface area contributed by atoms with Crippen LogP contribution >= 0.6 is 0 Å². The molecule has 2 aliphatic rings. The van der Waals surface area contributed by atoms with Gasteiger partial charge < -0.3 is 15.0 Å². The maximum atomic E-state index is 12.7. The molecular weight excluding hydrogens is 337 g/mol. The van der Waals surface area contributed by atoms with Crippen LogP contribution in [0.3, 0.4) is 0 Å². The Hall–Kier alpha value is -1.87. The lowest BCUT2D eigenvalue weighted by atomic mass is 10.2. The predicted octanol–water partition coefficient (Wildman–Crippen LogP) is 1.14. The van der Waals surface area contributed by atoms with Crippen LogP contribution < -0.4 is 10.1 Å². The Kier molecular flexibility index (Phi) is 5.43. The maximum Gasteiger partial charge on any atom is 0.422 e. The molecule has 3 rings (SSSR count). The molecule has 0 saturated carbocycles. The van der Waals surface area contributed by atoms with Gasteiger partial charge in [0, 0.05) is 51.5 Å². The van der Waals surface area contributed by atoms with E-state index in [1.807, 2.05) is 0 Å². The quantitative estimate of drug-likeness (QED) is 0.875. The molecule has 1 aromatic heterocycles. The first kappa shape index (κ1) is 17.9. The van der Waals surface area contributed by atoms with E-state index in [2.05, 4.69) is 15.2 Å². The lowest BCUT2D eigenvalue weighted by molar-refractivity contribution is -0.154. The summed E-state index contributed by atoms with van der Waals surface area (Å²) in [5.41, 5.74) is 0.0766. The molecule has 1 unspecified atom stereocenters. The smallest absolute Gasteiger partial charge is 0.422 e. The van der Waals surface area contributed by atoms with Gasteiger partial charge in [0.2, 0.25) is 5.88 Å². The van der Waals surface area contributed by atoms with E-state index in [9.17, 15) is 18.0 Å². The molecule has 2 aliphatic heterocycles. The number of nitrogens with zero attached hydrogens (tertiary/aromatic N) is 3. The Bertz CT molecular complexity index is 605. The molecule has 9 heteroatoms. The fourth-order valence-corrected chi connectivity index (χ4v) is 3.26. The van der Waals surface area contributed by atoms with E-state index in [0.717, 1.165) is 32.6 Å². The molecule has 1 N–H and O–H groups in total. The minimum atomic E-state index is -4.47. The van der Waals surface area contributed by atoms with Crippen LogP contribution in [0.2, 0.25) is 0 Å². The summed E-state index contributed by atoms with van der Waals surface area (Å²) in [6, 6.07) is 3.28. The van der Waals surface area contributed by atoms with Crippen LogP contribution in [0.1, 0.15) is 16.8 Å². The number of halogens is 3. The fraction of sp³-hybridized carbons (Fsp3) is 0.625. The Labute approximate surface area is 143 Å². The van der Waals surface area contributed by atoms with Crippen LogP contribution in [0.4, 0.5) is 13.2 Å². The van der Waals surface area contributed by atoms with Gasteiger partial charge in [0.1, 0.15) is 5.56 Å². The Morgan fingerprint density at radius 3 is 2.80 bits per heavy atom. The van der Waals surface area contributed by atoms with Gasteiger partial charge in [-0.25, -0.2) is 4.98 Å². The van der Waals surface area contributed by atoms with Crippen molar-refractivity contribution in [2.45, 2.75) is 18.6 Å². The molecule has 1 aromatic rings. The number of hydrogen-bond acceptors (Lipinski definition) is 5. The third-order valence-electron chi connectivity index (χ3n) is 4.49. The molecule has 0 radical (unpaired) electrons. The molecule has 0 aromatic carbocycles. The molecule has 25 heavy (non-hydrogen) atoms. The average molecular weight is 358 g/mol. The normalized spacial score (nSPS) is 22.2. The molecule has 1 atom stereocenters. The topological polar surface area (TPSA) is 57.7 Å². The van der Waals surface area contributed by atoms with Crippen LogP contribution in [0.25, 0.3) is 0 Å². The first-order valence-electron chi connectivity index (χ1n) is 8.32. The van der Waals surface area contributed by atoms with Crippen LogP contribution in [-0.4, -0.2) is 78.8 Å². The molecular formula is C16H21F3N4O2. The summed E-state index contributed by atoms with van der Waals surface area (Å²) in [6.07, 6.45) is -2.29. The van der Waals surface area contributed by atoms with Gasteiger partial charge in [0.25, 0.3) is 5.91 Å². The molecule has 0 aliphatic carbocycles. The second-order valence-electron chi connectivity index (χ2n) is 6.24. The summed E-state index contributed by atoms with van der Waals surface area (Å²) >= 11 is 0. The van der Waals surface area contributed by atoms with E-state index < -0.39 is 12.8 Å². The standard InChI is InChI=1S/C16H21F3N4O2/c17-16(18,19)11-25-14-13(2-1-4-21-14)15(24)23-7-3-12(10-23)22-8-5-20-6-9-22/h1-2,4,12,20H,3,5-11H2. The van der Waals surface area contributed by atoms with Crippen molar-refractivity contribution in [3.8, 4) is 5.88 Å². The molecule has 2 fully saturated rings. The lowest BCUT2D eigenvalue weighted by Gasteiger charge is -2.32. The van der Waals surface area contributed by atoms with E-state index in [4.69, 9.17) is 4.74 Å². The monoisotopic (exact) mass is 358 g/mol. The first-order chi connectivity index (χ1) is 11.9. The first-order valence-corrected chi connectivity index (χ1v) is 8.32.